The van der Waals surface area contributed by atoms with Crippen LogP contribution < -0.4 is 0 Å². The van der Waals surface area contributed by atoms with Crippen LogP contribution in [0.1, 0.15) is 51.4 Å². The van der Waals surface area contributed by atoms with Crippen LogP contribution in [0.3, 0.4) is 0 Å². The summed E-state index contributed by atoms with van der Waals surface area (Å²) in [6.45, 7) is 0.364. The lowest BCUT2D eigenvalue weighted by molar-refractivity contribution is 0.00957. The molecule has 19 heavy (non-hydrogen) atoms. The van der Waals surface area contributed by atoms with Crippen LogP contribution in [0.5, 0.6) is 0 Å². The van der Waals surface area contributed by atoms with Crippen LogP contribution in [0.15, 0.2) is 24.3 Å². The van der Waals surface area contributed by atoms with E-state index in [1.165, 1.54) is 44.9 Å². The van der Waals surface area contributed by atoms with Crippen molar-refractivity contribution in [2.24, 2.45) is 29.6 Å². The standard InChI is InChI=1S/C18H28O/c19-12-6-2-1-3-7-14-10-11-17-15-8-4-5-9-16(15)18(17)13-14/h5,9-11,14-19H,1-4,6-8,12-13H2. The maximum Gasteiger partial charge on any atom is 0.0431 e. The number of hydrogen-bond acceptors (Lipinski definition) is 1. The monoisotopic (exact) mass is 260 g/mol. The predicted octanol–water partition coefficient (Wildman–Crippen LogP) is 4.33. The molecule has 0 heterocycles. The van der Waals surface area contributed by atoms with Gasteiger partial charge in [-0.3, -0.25) is 0 Å². The molecule has 0 aromatic carbocycles. The Morgan fingerprint density at radius 2 is 1.74 bits per heavy atom. The summed E-state index contributed by atoms with van der Waals surface area (Å²) in [5, 5.41) is 8.78. The fourth-order valence-electron chi connectivity index (χ4n) is 4.61. The van der Waals surface area contributed by atoms with E-state index in [2.05, 4.69) is 24.3 Å². The van der Waals surface area contributed by atoms with Crippen LogP contribution in [-0.2, 0) is 0 Å². The summed E-state index contributed by atoms with van der Waals surface area (Å²) in [6.07, 6.45) is 20.4. The molecule has 0 radical (unpaired) electrons. The van der Waals surface area contributed by atoms with Crippen molar-refractivity contribution in [3.05, 3.63) is 24.3 Å². The largest absolute Gasteiger partial charge is 0.396 e. The lowest BCUT2D eigenvalue weighted by Gasteiger charge is -2.54. The molecular weight excluding hydrogens is 232 g/mol. The van der Waals surface area contributed by atoms with E-state index in [0.717, 1.165) is 36.0 Å². The highest BCUT2D eigenvalue weighted by molar-refractivity contribution is 5.18. The van der Waals surface area contributed by atoms with Crippen molar-refractivity contribution >= 4 is 0 Å². The third-order valence-electron chi connectivity index (χ3n) is 5.67. The Morgan fingerprint density at radius 3 is 2.63 bits per heavy atom. The van der Waals surface area contributed by atoms with Crippen molar-refractivity contribution in [1.82, 2.24) is 0 Å². The molecule has 0 bridgehead atoms. The number of allylic oxidation sites excluding steroid dienone is 4. The molecule has 0 aromatic rings. The van der Waals surface area contributed by atoms with Crippen molar-refractivity contribution in [2.75, 3.05) is 6.61 Å². The molecule has 0 aliphatic heterocycles. The highest BCUT2D eigenvalue weighted by Crippen LogP contribution is 2.56. The molecule has 1 nitrogen and oxygen atoms in total. The molecule has 3 rings (SSSR count). The lowest BCUT2D eigenvalue weighted by Crippen LogP contribution is -2.48. The third kappa shape index (κ3) is 2.81. The first-order valence-electron chi connectivity index (χ1n) is 8.36. The molecular formula is C18H28O. The van der Waals surface area contributed by atoms with Crippen molar-refractivity contribution < 1.29 is 5.11 Å². The molecule has 0 aromatic heterocycles. The highest BCUT2D eigenvalue weighted by Gasteiger charge is 2.49. The van der Waals surface area contributed by atoms with Crippen LogP contribution in [0.25, 0.3) is 0 Å². The maximum absolute atomic E-state index is 8.78. The molecule has 0 amide bonds. The molecule has 1 N–H and O–H groups in total. The van der Waals surface area contributed by atoms with Crippen molar-refractivity contribution in [1.29, 1.82) is 0 Å². The highest BCUT2D eigenvalue weighted by atomic mass is 16.2. The van der Waals surface area contributed by atoms with Gasteiger partial charge in [-0.1, -0.05) is 43.6 Å². The first-order chi connectivity index (χ1) is 9.40. The van der Waals surface area contributed by atoms with Crippen LogP contribution >= 0.6 is 0 Å². The second kappa shape index (κ2) is 6.26. The van der Waals surface area contributed by atoms with E-state index in [1.54, 1.807) is 0 Å². The molecule has 0 saturated heterocycles. The number of hydrogen-bond donors (Lipinski definition) is 1. The van der Waals surface area contributed by atoms with Crippen LogP contribution in [0.4, 0.5) is 0 Å². The SMILES string of the molecule is OCCCCCCC1C=CC2C3CCC=CC3C2C1. The number of fused-ring (bicyclic) bond motifs is 4. The number of aliphatic hydroxyl groups excluding tert-OH is 1. The second-order valence-electron chi connectivity index (χ2n) is 6.80. The molecule has 0 spiro atoms. The third-order valence-corrected chi connectivity index (χ3v) is 5.67. The smallest absolute Gasteiger partial charge is 0.0431 e. The minimum atomic E-state index is 0.364. The fraction of sp³-hybridized carbons (Fsp3) is 0.778. The number of rotatable bonds is 6. The van der Waals surface area contributed by atoms with Gasteiger partial charge in [-0.2, -0.15) is 0 Å². The molecule has 1 heteroatoms. The summed E-state index contributed by atoms with van der Waals surface area (Å²) in [7, 11) is 0. The van der Waals surface area contributed by atoms with Gasteiger partial charge in [0.1, 0.15) is 0 Å². The maximum atomic E-state index is 8.78. The van der Waals surface area contributed by atoms with Gasteiger partial charge in [-0.25, -0.2) is 0 Å². The van der Waals surface area contributed by atoms with E-state index < -0.39 is 0 Å². The average molecular weight is 260 g/mol. The zero-order valence-electron chi connectivity index (χ0n) is 12.0. The average Bonchev–Trinajstić information content (AvgIpc) is 2.45. The van der Waals surface area contributed by atoms with E-state index in [9.17, 15) is 0 Å². The normalized spacial score (nSPS) is 39.5. The quantitative estimate of drug-likeness (QED) is 0.556. The van der Waals surface area contributed by atoms with Gasteiger partial charge >= 0.3 is 0 Å². The molecule has 106 valence electrons. The van der Waals surface area contributed by atoms with Gasteiger partial charge in [0.25, 0.3) is 0 Å². The molecule has 1 saturated carbocycles. The van der Waals surface area contributed by atoms with Gasteiger partial charge < -0.3 is 5.11 Å². The fourth-order valence-corrected chi connectivity index (χ4v) is 4.61. The number of aliphatic hydroxyl groups is 1. The Kier molecular flexibility index (Phi) is 4.42. The van der Waals surface area contributed by atoms with E-state index in [4.69, 9.17) is 5.11 Å². The number of unbranched alkanes of at least 4 members (excludes halogenated alkanes) is 3. The Hall–Kier alpha value is -0.560. The summed E-state index contributed by atoms with van der Waals surface area (Å²) in [4.78, 5) is 0. The Bertz CT molecular complexity index is 344. The molecule has 5 atom stereocenters. The first kappa shape index (κ1) is 13.4. The first-order valence-corrected chi connectivity index (χ1v) is 8.36. The van der Waals surface area contributed by atoms with Gasteiger partial charge in [0, 0.05) is 6.61 Å². The second-order valence-corrected chi connectivity index (χ2v) is 6.80. The minimum absolute atomic E-state index is 0.364. The topological polar surface area (TPSA) is 20.2 Å². The molecule has 3 aliphatic rings. The van der Waals surface area contributed by atoms with Gasteiger partial charge in [0.15, 0.2) is 0 Å². The summed E-state index contributed by atoms with van der Waals surface area (Å²) < 4.78 is 0. The van der Waals surface area contributed by atoms with Crippen LogP contribution in [-0.4, -0.2) is 11.7 Å². The van der Waals surface area contributed by atoms with Crippen molar-refractivity contribution in [2.45, 2.75) is 51.4 Å². The Balaban J connectivity index is 1.44. The van der Waals surface area contributed by atoms with Gasteiger partial charge in [-0.15, -0.1) is 0 Å². The summed E-state index contributed by atoms with van der Waals surface area (Å²) >= 11 is 0. The zero-order valence-corrected chi connectivity index (χ0v) is 12.0. The van der Waals surface area contributed by atoms with Gasteiger partial charge in [0.2, 0.25) is 0 Å². The van der Waals surface area contributed by atoms with Crippen LogP contribution in [0.2, 0.25) is 0 Å². The van der Waals surface area contributed by atoms with E-state index >= 15 is 0 Å². The predicted molar refractivity (Wildman–Crippen MR) is 79.8 cm³/mol. The van der Waals surface area contributed by atoms with E-state index in [1.807, 2.05) is 0 Å². The van der Waals surface area contributed by atoms with Crippen molar-refractivity contribution in [3.63, 3.8) is 0 Å². The lowest BCUT2D eigenvalue weighted by atomic mass is 9.50. The van der Waals surface area contributed by atoms with E-state index in [0.29, 0.717) is 6.61 Å². The molecule has 1 fully saturated rings. The van der Waals surface area contributed by atoms with Gasteiger partial charge in [0.05, 0.1) is 0 Å². The Morgan fingerprint density at radius 1 is 0.895 bits per heavy atom. The van der Waals surface area contributed by atoms with Crippen LogP contribution in [0, 0.1) is 29.6 Å². The van der Waals surface area contributed by atoms with E-state index in [-0.39, 0.29) is 0 Å². The Labute approximate surface area is 117 Å². The molecule has 3 aliphatic carbocycles. The van der Waals surface area contributed by atoms with Gasteiger partial charge in [-0.05, 0) is 61.7 Å². The minimum Gasteiger partial charge on any atom is -0.396 e. The summed E-state index contributed by atoms with van der Waals surface area (Å²) in [5.74, 6) is 4.62. The zero-order chi connectivity index (χ0) is 13.1. The molecule has 5 unspecified atom stereocenters. The van der Waals surface area contributed by atoms with Crippen molar-refractivity contribution in [3.8, 4) is 0 Å². The summed E-state index contributed by atoms with van der Waals surface area (Å²) in [6, 6.07) is 0. The summed E-state index contributed by atoms with van der Waals surface area (Å²) in [5.41, 5.74) is 0.